The SMILES string of the molecule is CCOc1cc(Br)c([C@H]2C(C#N)=C(N)Oc3cc(O)ccc32)cc1OCC. The molecule has 0 spiro atoms. The predicted molar refractivity (Wildman–Crippen MR) is 104 cm³/mol. The quantitative estimate of drug-likeness (QED) is 0.738. The van der Waals surface area contributed by atoms with Crippen LogP contribution in [0.5, 0.6) is 23.0 Å². The van der Waals surface area contributed by atoms with Crippen molar-refractivity contribution in [2.24, 2.45) is 5.73 Å². The van der Waals surface area contributed by atoms with Gasteiger partial charge in [-0.3, -0.25) is 0 Å². The molecule has 0 saturated heterocycles. The largest absolute Gasteiger partial charge is 0.508 e. The first-order valence-electron chi connectivity index (χ1n) is 8.49. The van der Waals surface area contributed by atoms with Gasteiger partial charge in [0.05, 0.1) is 19.1 Å². The highest BCUT2D eigenvalue weighted by Gasteiger charge is 2.33. The molecule has 7 heteroatoms. The summed E-state index contributed by atoms with van der Waals surface area (Å²) >= 11 is 3.58. The van der Waals surface area contributed by atoms with Crippen LogP contribution in [0.25, 0.3) is 0 Å². The number of fused-ring (bicyclic) bond motifs is 1. The van der Waals surface area contributed by atoms with Crippen molar-refractivity contribution >= 4 is 15.9 Å². The summed E-state index contributed by atoms with van der Waals surface area (Å²) in [5.74, 6) is 1.21. The average molecular weight is 431 g/mol. The summed E-state index contributed by atoms with van der Waals surface area (Å²) in [7, 11) is 0. The van der Waals surface area contributed by atoms with Gasteiger partial charge in [0.25, 0.3) is 0 Å². The molecule has 2 aromatic rings. The number of halogens is 1. The van der Waals surface area contributed by atoms with Crippen LogP contribution in [0.1, 0.15) is 30.9 Å². The minimum Gasteiger partial charge on any atom is -0.508 e. The Bertz CT molecular complexity index is 950. The van der Waals surface area contributed by atoms with Crippen LogP contribution >= 0.6 is 15.9 Å². The van der Waals surface area contributed by atoms with E-state index >= 15 is 0 Å². The molecule has 0 aromatic heterocycles. The summed E-state index contributed by atoms with van der Waals surface area (Å²) in [6, 6.07) is 10.6. The van der Waals surface area contributed by atoms with E-state index < -0.39 is 5.92 Å². The van der Waals surface area contributed by atoms with Crippen molar-refractivity contribution in [2.45, 2.75) is 19.8 Å². The third-order valence-electron chi connectivity index (χ3n) is 4.18. The summed E-state index contributed by atoms with van der Waals surface area (Å²) in [6.07, 6.45) is 0. The van der Waals surface area contributed by atoms with E-state index in [0.717, 1.165) is 15.6 Å². The first kappa shape index (κ1) is 18.9. The number of benzene rings is 2. The van der Waals surface area contributed by atoms with E-state index in [2.05, 4.69) is 22.0 Å². The van der Waals surface area contributed by atoms with Crippen molar-refractivity contribution in [1.82, 2.24) is 0 Å². The fourth-order valence-corrected chi connectivity index (χ4v) is 3.62. The van der Waals surface area contributed by atoms with Crippen molar-refractivity contribution in [3.63, 3.8) is 0 Å². The second-order valence-electron chi connectivity index (χ2n) is 5.83. The molecule has 1 aliphatic heterocycles. The predicted octanol–water partition coefficient (Wildman–Crippen LogP) is 4.17. The Balaban J connectivity index is 2.22. The van der Waals surface area contributed by atoms with Gasteiger partial charge in [0.1, 0.15) is 23.1 Å². The van der Waals surface area contributed by atoms with Gasteiger partial charge in [-0.15, -0.1) is 0 Å². The molecule has 140 valence electrons. The molecule has 3 rings (SSSR count). The Morgan fingerprint density at radius 2 is 1.81 bits per heavy atom. The van der Waals surface area contributed by atoms with Crippen LogP contribution < -0.4 is 19.9 Å². The number of phenolic OH excluding ortho intramolecular Hbond substituents is 1. The number of nitriles is 1. The van der Waals surface area contributed by atoms with E-state index in [4.69, 9.17) is 19.9 Å². The van der Waals surface area contributed by atoms with Crippen LogP contribution in [0.15, 0.2) is 46.3 Å². The molecule has 1 aliphatic rings. The molecule has 0 aliphatic carbocycles. The van der Waals surface area contributed by atoms with Gasteiger partial charge in [-0.25, -0.2) is 0 Å². The molecule has 0 radical (unpaired) electrons. The third kappa shape index (κ3) is 3.53. The van der Waals surface area contributed by atoms with Gasteiger partial charge in [-0.05, 0) is 37.6 Å². The zero-order valence-corrected chi connectivity index (χ0v) is 16.5. The molecular formula is C20H19BrN2O4. The van der Waals surface area contributed by atoms with Gasteiger partial charge in [-0.1, -0.05) is 22.0 Å². The first-order chi connectivity index (χ1) is 13.0. The standard InChI is InChI=1S/C20H19BrN2O4/c1-3-25-17-8-13(15(21)9-18(17)26-4-2)19-12-6-5-11(24)7-16(12)27-20(23)14(19)10-22/h5-9,19,24H,3-4,23H2,1-2H3/t19-/m0/s1. The summed E-state index contributed by atoms with van der Waals surface area (Å²) in [5, 5.41) is 19.5. The molecule has 3 N–H and O–H groups in total. The Morgan fingerprint density at radius 3 is 2.44 bits per heavy atom. The number of aromatic hydroxyl groups is 1. The second kappa shape index (κ2) is 7.80. The number of rotatable bonds is 5. The van der Waals surface area contributed by atoms with Crippen LogP contribution in [0.4, 0.5) is 0 Å². The number of hydrogen-bond donors (Lipinski definition) is 2. The lowest BCUT2D eigenvalue weighted by Gasteiger charge is -2.27. The number of phenols is 1. The lowest BCUT2D eigenvalue weighted by molar-refractivity contribution is 0.287. The number of hydrogen-bond acceptors (Lipinski definition) is 6. The lowest BCUT2D eigenvalue weighted by Crippen LogP contribution is -2.21. The Kier molecular flexibility index (Phi) is 5.47. The molecule has 6 nitrogen and oxygen atoms in total. The van der Waals surface area contributed by atoms with Gasteiger partial charge in [0.15, 0.2) is 11.5 Å². The fourth-order valence-electron chi connectivity index (χ4n) is 3.07. The van der Waals surface area contributed by atoms with E-state index in [1.807, 2.05) is 26.0 Å². The van der Waals surface area contributed by atoms with Crippen molar-refractivity contribution in [1.29, 1.82) is 5.26 Å². The van der Waals surface area contributed by atoms with E-state index in [0.29, 0.717) is 36.0 Å². The number of nitrogens with two attached hydrogens (primary N) is 1. The highest BCUT2D eigenvalue weighted by Crippen LogP contribution is 2.47. The van der Waals surface area contributed by atoms with Crippen LogP contribution in [0.3, 0.4) is 0 Å². The Labute approximate surface area is 165 Å². The number of ether oxygens (including phenoxy) is 3. The molecule has 0 unspecified atom stereocenters. The van der Waals surface area contributed by atoms with Gasteiger partial charge >= 0.3 is 0 Å². The maximum Gasteiger partial charge on any atom is 0.205 e. The average Bonchev–Trinajstić information content (AvgIpc) is 2.63. The summed E-state index contributed by atoms with van der Waals surface area (Å²) in [6.45, 7) is 4.77. The van der Waals surface area contributed by atoms with Crippen LogP contribution in [0.2, 0.25) is 0 Å². The van der Waals surface area contributed by atoms with E-state index in [1.165, 1.54) is 6.07 Å². The molecule has 2 aromatic carbocycles. The molecule has 27 heavy (non-hydrogen) atoms. The van der Waals surface area contributed by atoms with Crippen molar-refractivity contribution in [3.8, 4) is 29.1 Å². The smallest absolute Gasteiger partial charge is 0.205 e. The van der Waals surface area contributed by atoms with Crippen LogP contribution in [0, 0.1) is 11.3 Å². The van der Waals surface area contributed by atoms with Gasteiger partial charge in [0.2, 0.25) is 5.88 Å². The minimum atomic E-state index is -0.469. The van der Waals surface area contributed by atoms with Gasteiger partial charge in [0, 0.05) is 16.1 Å². The highest BCUT2D eigenvalue weighted by molar-refractivity contribution is 9.10. The topological polar surface area (TPSA) is 97.7 Å². The van der Waals surface area contributed by atoms with Crippen LogP contribution in [-0.2, 0) is 0 Å². The van der Waals surface area contributed by atoms with Gasteiger partial charge in [-0.2, -0.15) is 5.26 Å². The molecule has 1 atom stereocenters. The van der Waals surface area contributed by atoms with E-state index in [9.17, 15) is 10.4 Å². The molecule has 0 fully saturated rings. The molecule has 1 heterocycles. The summed E-state index contributed by atoms with van der Waals surface area (Å²) < 4.78 is 17.7. The van der Waals surface area contributed by atoms with E-state index in [1.54, 1.807) is 12.1 Å². The maximum atomic E-state index is 9.77. The Morgan fingerprint density at radius 1 is 1.15 bits per heavy atom. The summed E-state index contributed by atoms with van der Waals surface area (Å²) in [5.41, 5.74) is 7.80. The van der Waals surface area contributed by atoms with E-state index in [-0.39, 0.29) is 11.6 Å². The minimum absolute atomic E-state index is 0.0133. The van der Waals surface area contributed by atoms with Crippen molar-refractivity contribution in [3.05, 3.63) is 57.4 Å². The zero-order valence-electron chi connectivity index (χ0n) is 15.0. The fraction of sp³-hybridized carbons (Fsp3) is 0.250. The molecule has 0 amide bonds. The second-order valence-corrected chi connectivity index (χ2v) is 6.69. The lowest BCUT2D eigenvalue weighted by atomic mass is 9.83. The monoisotopic (exact) mass is 430 g/mol. The number of nitrogens with zero attached hydrogens (tertiary/aromatic N) is 1. The number of allylic oxidation sites excluding steroid dienone is 1. The van der Waals surface area contributed by atoms with Crippen molar-refractivity contribution < 1.29 is 19.3 Å². The zero-order chi connectivity index (χ0) is 19.6. The maximum absolute atomic E-state index is 9.77. The summed E-state index contributed by atoms with van der Waals surface area (Å²) in [4.78, 5) is 0. The first-order valence-corrected chi connectivity index (χ1v) is 9.28. The third-order valence-corrected chi connectivity index (χ3v) is 4.86. The van der Waals surface area contributed by atoms with Gasteiger partial charge < -0.3 is 25.1 Å². The molecule has 0 saturated carbocycles. The Hall–Kier alpha value is -2.85. The molecular weight excluding hydrogens is 412 g/mol. The normalized spacial score (nSPS) is 15.6. The highest BCUT2D eigenvalue weighted by atomic mass is 79.9. The van der Waals surface area contributed by atoms with Crippen molar-refractivity contribution in [2.75, 3.05) is 13.2 Å². The molecule has 0 bridgehead atoms. The van der Waals surface area contributed by atoms with Crippen LogP contribution in [-0.4, -0.2) is 18.3 Å².